The molecule has 0 saturated carbocycles. The van der Waals surface area contributed by atoms with Gasteiger partial charge in [-0.25, -0.2) is 0 Å². The van der Waals surface area contributed by atoms with E-state index in [1.165, 1.54) is 6.92 Å². The van der Waals surface area contributed by atoms with Crippen LogP contribution >= 0.6 is 0 Å². The maximum atomic E-state index is 11.6. The van der Waals surface area contributed by atoms with Crippen LogP contribution in [0.5, 0.6) is 0 Å². The van der Waals surface area contributed by atoms with E-state index < -0.39 is 31.1 Å². The average molecular weight is 246 g/mol. The molecule has 1 unspecified atom stereocenters. The highest BCUT2D eigenvalue weighted by Gasteiger charge is 2.25. The second-order valence-electron chi connectivity index (χ2n) is 4.03. The number of hydrogen-bond acceptors (Lipinski definition) is 4. The first-order valence-electron chi connectivity index (χ1n) is 5.22. The minimum atomic E-state index is -1.17. The predicted molar refractivity (Wildman–Crippen MR) is 59.6 cm³/mol. The Labute approximate surface area is 99.4 Å². The van der Waals surface area contributed by atoms with Gasteiger partial charge in [0.2, 0.25) is 5.91 Å². The van der Waals surface area contributed by atoms with Gasteiger partial charge in [0.25, 0.3) is 0 Å². The highest BCUT2D eigenvalue weighted by molar-refractivity contribution is 5.83. The molecule has 0 spiro atoms. The van der Waals surface area contributed by atoms with Crippen molar-refractivity contribution in [3.05, 3.63) is 0 Å². The summed E-state index contributed by atoms with van der Waals surface area (Å²) >= 11 is 0. The molecule has 0 fully saturated rings. The number of nitrogens with one attached hydrogen (secondary N) is 1. The number of carboxylic acid groups (broad SMARTS) is 2. The van der Waals surface area contributed by atoms with Crippen molar-refractivity contribution in [1.82, 2.24) is 10.2 Å². The van der Waals surface area contributed by atoms with E-state index in [1.54, 1.807) is 13.8 Å². The van der Waals surface area contributed by atoms with E-state index in [0.29, 0.717) is 0 Å². The number of carbonyl (C=O) groups excluding carboxylic acids is 1. The Hall–Kier alpha value is -1.63. The lowest BCUT2D eigenvalue weighted by molar-refractivity contribution is -0.143. The summed E-state index contributed by atoms with van der Waals surface area (Å²) in [5.74, 6) is -2.73. The predicted octanol–water partition coefficient (Wildman–Crippen LogP) is -0.629. The van der Waals surface area contributed by atoms with Crippen LogP contribution in [0.25, 0.3) is 0 Å². The molecule has 1 amide bonds. The van der Waals surface area contributed by atoms with Gasteiger partial charge in [-0.15, -0.1) is 0 Å². The summed E-state index contributed by atoms with van der Waals surface area (Å²) < 4.78 is 0. The van der Waals surface area contributed by atoms with Crippen LogP contribution in [0.2, 0.25) is 0 Å². The number of nitrogens with zero attached hydrogens (tertiary/aromatic N) is 1. The minimum absolute atomic E-state index is 0.0820. The van der Waals surface area contributed by atoms with Crippen molar-refractivity contribution in [1.29, 1.82) is 0 Å². The van der Waals surface area contributed by atoms with Crippen LogP contribution in [0, 0.1) is 0 Å². The molecule has 7 nitrogen and oxygen atoms in total. The molecule has 0 aliphatic heterocycles. The third-order valence-corrected chi connectivity index (χ3v) is 2.03. The van der Waals surface area contributed by atoms with Gasteiger partial charge in [-0.1, -0.05) is 0 Å². The lowest BCUT2D eigenvalue weighted by atomic mass is 10.2. The van der Waals surface area contributed by atoms with Gasteiger partial charge in [0.15, 0.2) is 0 Å². The van der Waals surface area contributed by atoms with Gasteiger partial charge in [-0.05, 0) is 20.8 Å². The fourth-order valence-corrected chi connectivity index (χ4v) is 1.25. The van der Waals surface area contributed by atoms with Gasteiger partial charge >= 0.3 is 11.9 Å². The summed E-state index contributed by atoms with van der Waals surface area (Å²) in [4.78, 5) is 33.9. The summed E-state index contributed by atoms with van der Waals surface area (Å²) in [5.41, 5.74) is 0. The normalized spacial score (nSPS) is 12.5. The Morgan fingerprint density at radius 3 is 1.76 bits per heavy atom. The summed E-state index contributed by atoms with van der Waals surface area (Å²) in [6.07, 6.45) is 0. The molecular weight excluding hydrogens is 228 g/mol. The van der Waals surface area contributed by atoms with Gasteiger partial charge in [-0.2, -0.15) is 0 Å². The Morgan fingerprint density at radius 1 is 1.06 bits per heavy atom. The summed E-state index contributed by atoms with van der Waals surface area (Å²) in [6.45, 7) is 4.04. The van der Waals surface area contributed by atoms with Crippen molar-refractivity contribution in [2.24, 2.45) is 0 Å². The van der Waals surface area contributed by atoms with Gasteiger partial charge < -0.3 is 15.5 Å². The Morgan fingerprint density at radius 2 is 1.47 bits per heavy atom. The maximum Gasteiger partial charge on any atom is 0.317 e. The van der Waals surface area contributed by atoms with Crippen molar-refractivity contribution in [2.45, 2.75) is 32.9 Å². The topological polar surface area (TPSA) is 107 Å². The monoisotopic (exact) mass is 246 g/mol. The van der Waals surface area contributed by atoms with Gasteiger partial charge in [0.05, 0.1) is 19.1 Å². The molecule has 0 saturated heterocycles. The molecule has 3 N–H and O–H groups in total. The molecule has 0 radical (unpaired) electrons. The molecule has 0 aromatic carbocycles. The first kappa shape index (κ1) is 15.4. The van der Waals surface area contributed by atoms with Crippen LogP contribution in [-0.4, -0.2) is 58.1 Å². The summed E-state index contributed by atoms with van der Waals surface area (Å²) in [7, 11) is 0. The van der Waals surface area contributed by atoms with E-state index in [-0.39, 0.29) is 11.9 Å². The Bertz CT molecular complexity index is 287. The number of carbonyl (C=O) groups is 3. The van der Waals surface area contributed by atoms with E-state index in [1.807, 2.05) is 0 Å². The lowest BCUT2D eigenvalue weighted by Crippen LogP contribution is -2.50. The molecule has 0 aromatic heterocycles. The fraction of sp³-hybridized carbons (Fsp3) is 0.700. The molecule has 0 aromatic rings. The number of amides is 1. The van der Waals surface area contributed by atoms with E-state index in [2.05, 4.69) is 5.32 Å². The van der Waals surface area contributed by atoms with Crippen molar-refractivity contribution >= 4 is 17.8 Å². The van der Waals surface area contributed by atoms with Crippen molar-refractivity contribution in [3.63, 3.8) is 0 Å². The SMILES string of the molecule is CC(C)NC(=O)C(C)N(CC(=O)O)CC(=O)O. The zero-order chi connectivity index (χ0) is 13.6. The van der Waals surface area contributed by atoms with Crippen LogP contribution in [0.3, 0.4) is 0 Å². The highest BCUT2D eigenvalue weighted by Crippen LogP contribution is 2.00. The Balaban J connectivity index is 4.60. The number of carboxylic acids is 2. The molecule has 0 aliphatic rings. The zero-order valence-corrected chi connectivity index (χ0v) is 10.1. The van der Waals surface area contributed by atoms with Crippen LogP contribution in [0.15, 0.2) is 0 Å². The van der Waals surface area contributed by atoms with Crippen LogP contribution in [-0.2, 0) is 14.4 Å². The van der Waals surface area contributed by atoms with Crippen molar-refractivity contribution in [3.8, 4) is 0 Å². The first-order valence-corrected chi connectivity index (χ1v) is 5.22. The zero-order valence-electron chi connectivity index (χ0n) is 10.1. The molecule has 0 bridgehead atoms. The van der Waals surface area contributed by atoms with Crippen molar-refractivity contribution < 1.29 is 24.6 Å². The smallest absolute Gasteiger partial charge is 0.317 e. The van der Waals surface area contributed by atoms with Gasteiger partial charge in [0, 0.05) is 6.04 Å². The third-order valence-electron chi connectivity index (χ3n) is 2.03. The van der Waals surface area contributed by atoms with Gasteiger partial charge in [-0.3, -0.25) is 19.3 Å². The molecular formula is C10H18N2O5. The number of hydrogen-bond donors (Lipinski definition) is 3. The molecule has 0 rings (SSSR count). The summed E-state index contributed by atoms with van der Waals surface area (Å²) in [5, 5.41) is 19.9. The van der Waals surface area contributed by atoms with Gasteiger partial charge in [0.1, 0.15) is 0 Å². The maximum absolute atomic E-state index is 11.6. The quantitative estimate of drug-likeness (QED) is 0.552. The Kier molecular flexibility index (Phi) is 6.19. The molecule has 98 valence electrons. The molecule has 17 heavy (non-hydrogen) atoms. The highest BCUT2D eigenvalue weighted by atomic mass is 16.4. The van der Waals surface area contributed by atoms with Crippen LogP contribution in [0.4, 0.5) is 0 Å². The average Bonchev–Trinajstić information content (AvgIpc) is 2.12. The number of rotatable bonds is 7. The van der Waals surface area contributed by atoms with Crippen LogP contribution in [0.1, 0.15) is 20.8 Å². The largest absolute Gasteiger partial charge is 0.480 e. The first-order chi connectivity index (χ1) is 7.73. The van der Waals surface area contributed by atoms with E-state index in [9.17, 15) is 14.4 Å². The van der Waals surface area contributed by atoms with E-state index >= 15 is 0 Å². The molecule has 0 aliphatic carbocycles. The minimum Gasteiger partial charge on any atom is -0.480 e. The standard InChI is InChI=1S/C10H18N2O5/c1-6(2)11-10(17)7(3)12(4-8(13)14)5-9(15)16/h6-7H,4-5H2,1-3H3,(H,11,17)(H,13,14)(H,15,16). The van der Waals surface area contributed by atoms with Crippen molar-refractivity contribution in [2.75, 3.05) is 13.1 Å². The molecule has 1 atom stereocenters. The van der Waals surface area contributed by atoms with Crippen LogP contribution < -0.4 is 5.32 Å². The second-order valence-corrected chi connectivity index (χ2v) is 4.03. The molecule has 7 heteroatoms. The van der Waals surface area contributed by atoms with E-state index in [4.69, 9.17) is 10.2 Å². The number of aliphatic carboxylic acids is 2. The van der Waals surface area contributed by atoms with E-state index in [0.717, 1.165) is 4.90 Å². The summed E-state index contributed by atoms with van der Waals surface area (Å²) in [6, 6.07) is -0.883. The lowest BCUT2D eigenvalue weighted by Gasteiger charge is -2.25. The second kappa shape index (κ2) is 6.85. The third kappa shape index (κ3) is 6.52. The molecule has 0 heterocycles. The fourth-order valence-electron chi connectivity index (χ4n) is 1.25.